The number of Topliss-reactive ketones (excluding diaryl/α,β-unsaturated/α-hetero) is 1. The lowest BCUT2D eigenvalue weighted by atomic mass is 10.1. The number of rotatable bonds is 6. The van der Waals surface area contributed by atoms with E-state index in [1.807, 2.05) is 0 Å². The molecule has 0 aliphatic carbocycles. The van der Waals surface area contributed by atoms with Crippen molar-refractivity contribution in [3.63, 3.8) is 0 Å². The Kier molecular flexibility index (Phi) is 4.94. The van der Waals surface area contributed by atoms with Gasteiger partial charge in [0.05, 0.1) is 0 Å². The summed E-state index contributed by atoms with van der Waals surface area (Å²) in [4.78, 5) is 23.9. The summed E-state index contributed by atoms with van der Waals surface area (Å²) in [6, 6.07) is 12.2. The van der Waals surface area contributed by atoms with Gasteiger partial charge in [0.2, 0.25) is 18.2 Å². The third kappa shape index (κ3) is 4.35. The van der Waals surface area contributed by atoms with Crippen LogP contribution in [-0.2, 0) is 4.79 Å². The third-order valence-electron chi connectivity index (χ3n) is 3.52. The van der Waals surface area contributed by atoms with E-state index in [4.69, 9.17) is 4.42 Å². The van der Waals surface area contributed by atoms with Gasteiger partial charge in [-0.1, -0.05) is 0 Å². The van der Waals surface area contributed by atoms with Crippen molar-refractivity contribution in [2.45, 2.75) is 12.8 Å². The van der Waals surface area contributed by atoms with Gasteiger partial charge >= 0.3 is 0 Å². The molecule has 3 aromatic rings. The molecule has 0 aliphatic rings. The average Bonchev–Trinajstić information content (AvgIpc) is 3.15. The van der Waals surface area contributed by atoms with Crippen molar-refractivity contribution >= 4 is 17.4 Å². The van der Waals surface area contributed by atoms with E-state index in [-0.39, 0.29) is 24.5 Å². The minimum absolute atomic E-state index is 0.0433. The molecule has 0 aliphatic heterocycles. The Labute approximate surface area is 142 Å². The zero-order valence-corrected chi connectivity index (χ0v) is 13.1. The molecule has 0 unspecified atom stereocenters. The number of aromatic nitrogens is 2. The number of hydrogen-bond acceptors (Lipinski definition) is 5. The zero-order valence-electron chi connectivity index (χ0n) is 13.1. The highest BCUT2D eigenvalue weighted by Gasteiger charge is 2.10. The second-order valence-electron chi connectivity index (χ2n) is 5.30. The largest absolute Gasteiger partial charge is 0.423 e. The van der Waals surface area contributed by atoms with E-state index in [1.54, 1.807) is 24.3 Å². The van der Waals surface area contributed by atoms with E-state index in [0.29, 0.717) is 17.1 Å². The molecular formula is C18H14FN3O3. The second kappa shape index (κ2) is 7.48. The van der Waals surface area contributed by atoms with Gasteiger partial charge < -0.3 is 9.73 Å². The summed E-state index contributed by atoms with van der Waals surface area (Å²) in [5.41, 5.74) is 1.72. The van der Waals surface area contributed by atoms with Crippen molar-refractivity contribution in [3.8, 4) is 11.5 Å². The number of halogens is 1. The number of amides is 1. The molecule has 1 aromatic heterocycles. The molecule has 3 rings (SSSR count). The molecule has 0 fully saturated rings. The molecule has 0 radical (unpaired) electrons. The molecule has 0 saturated carbocycles. The maximum atomic E-state index is 12.8. The molecule has 7 heteroatoms. The number of ketones is 1. The van der Waals surface area contributed by atoms with Gasteiger partial charge in [0.1, 0.15) is 5.82 Å². The first-order valence-electron chi connectivity index (χ1n) is 7.57. The summed E-state index contributed by atoms with van der Waals surface area (Å²) >= 11 is 0. The monoisotopic (exact) mass is 339 g/mol. The smallest absolute Gasteiger partial charge is 0.247 e. The number of hydrogen-bond donors (Lipinski definition) is 1. The second-order valence-corrected chi connectivity index (χ2v) is 5.30. The Bertz CT molecular complexity index is 860. The Morgan fingerprint density at radius 3 is 2.36 bits per heavy atom. The fraction of sp³-hybridized carbons (Fsp3) is 0.111. The van der Waals surface area contributed by atoms with Crippen LogP contribution in [0.3, 0.4) is 0 Å². The van der Waals surface area contributed by atoms with Gasteiger partial charge in [-0.3, -0.25) is 9.59 Å². The van der Waals surface area contributed by atoms with Crippen LogP contribution in [0, 0.1) is 5.82 Å². The van der Waals surface area contributed by atoms with E-state index in [1.165, 1.54) is 30.7 Å². The maximum absolute atomic E-state index is 12.8. The van der Waals surface area contributed by atoms with Gasteiger partial charge in [0, 0.05) is 29.7 Å². The summed E-state index contributed by atoms with van der Waals surface area (Å²) in [5, 5.41) is 10.1. The molecule has 1 N–H and O–H groups in total. The molecule has 1 amide bonds. The van der Waals surface area contributed by atoms with E-state index >= 15 is 0 Å². The lowest BCUT2D eigenvalue weighted by Gasteiger charge is -2.05. The predicted octanol–water partition coefficient (Wildman–Crippen LogP) is 3.48. The van der Waals surface area contributed by atoms with Crippen LogP contribution in [-0.4, -0.2) is 21.9 Å². The topological polar surface area (TPSA) is 85.1 Å². The normalized spacial score (nSPS) is 10.4. The highest BCUT2D eigenvalue weighted by atomic mass is 19.1. The number of carbonyl (C=O) groups excluding carboxylic acids is 2. The molecule has 0 spiro atoms. The molecule has 0 saturated heterocycles. The first-order valence-corrected chi connectivity index (χ1v) is 7.57. The summed E-state index contributed by atoms with van der Waals surface area (Å²) < 4.78 is 17.9. The quantitative estimate of drug-likeness (QED) is 0.695. The standard InChI is InChI=1S/C18H14FN3O3/c19-14-5-1-12(2-6-14)16(23)9-10-17(24)21-15-7-3-13(4-8-15)18-22-20-11-25-18/h1-8,11H,9-10H2,(H,21,24). The third-order valence-corrected chi connectivity index (χ3v) is 3.52. The summed E-state index contributed by atoms with van der Waals surface area (Å²) in [7, 11) is 0. The van der Waals surface area contributed by atoms with Crippen LogP contribution in [0.1, 0.15) is 23.2 Å². The van der Waals surface area contributed by atoms with E-state index < -0.39 is 5.82 Å². The van der Waals surface area contributed by atoms with Crippen LogP contribution in [0.4, 0.5) is 10.1 Å². The van der Waals surface area contributed by atoms with E-state index in [0.717, 1.165) is 5.56 Å². The Morgan fingerprint density at radius 2 is 1.72 bits per heavy atom. The Balaban J connectivity index is 1.52. The van der Waals surface area contributed by atoms with Gasteiger partial charge in [-0.15, -0.1) is 10.2 Å². The number of nitrogens with one attached hydrogen (secondary N) is 1. The average molecular weight is 339 g/mol. The van der Waals surface area contributed by atoms with Gasteiger partial charge in [0.15, 0.2) is 5.78 Å². The van der Waals surface area contributed by atoms with Gasteiger partial charge in [-0.25, -0.2) is 4.39 Å². The molecule has 2 aromatic carbocycles. The number of anilines is 1. The fourth-order valence-electron chi connectivity index (χ4n) is 2.23. The summed E-state index contributed by atoms with van der Waals surface area (Å²) in [6.45, 7) is 0. The van der Waals surface area contributed by atoms with Crippen LogP contribution in [0.25, 0.3) is 11.5 Å². The minimum atomic E-state index is -0.404. The van der Waals surface area contributed by atoms with Crippen molar-refractivity contribution < 1.29 is 18.4 Å². The predicted molar refractivity (Wildman–Crippen MR) is 88.3 cm³/mol. The SMILES string of the molecule is O=C(CCC(=O)c1ccc(F)cc1)Nc1ccc(-c2nnco2)cc1. The fourth-order valence-corrected chi connectivity index (χ4v) is 2.23. The van der Waals surface area contributed by atoms with Crippen molar-refractivity contribution in [3.05, 3.63) is 66.3 Å². The Morgan fingerprint density at radius 1 is 1.00 bits per heavy atom. The van der Waals surface area contributed by atoms with E-state index in [9.17, 15) is 14.0 Å². The van der Waals surface area contributed by atoms with Gasteiger partial charge in [-0.2, -0.15) is 0 Å². The van der Waals surface area contributed by atoms with Crippen LogP contribution >= 0.6 is 0 Å². The van der Waals surface area contributed by atoms with Crippen LogP contribution < -0.4 is 5.32 Å². The molecule has 0 bridgehead atoms. The van der Waals surface area contributed by atoms with Crippen molar-refractivity contribution in [1.82, 2.24) is 10.2 Å². The summed E-state index contributed by atoms with van der Waals surface area (Å²) in [6.07, 6.45) is 1.34. The van der Waals surface area contributed by atoms with Gasteiger partial charge in [0.25, 0.3) is 0 Å². The minimum Gasteiger partial charge on any atom is -0.423 e. The zero-order chi connectivity index (χ0) is 17.6. The van der Waals surface area contributed by atoms with Gasteiger partial charge in [-0.05, 0) is 48.5 Å². The molecule has 0 atom stereocenters. The number of benzene rings is 2. The van der Waals surface area contributed by atoms with Crippen molar-refractivity contribution in [2.75, 3.05) is 5.32 Å². The lowest BCUT2D eigenvalue weighted by Crippen LogP contribution is -2.13. The number of carbonyl (C=O) groups is 2. The first kappa shape index (κ1) is 16.5. The molecule has 25 heavy (non-hydrogen) atoms. The highest BCUT2D eigenvalue weighted by molar-refractivity contribution is 6.00. The molecule has 1 heterocycles. The Hall–Kier alpha value is -3.35. The van der Waals surface area contributed by atoms with Crippen LogP contribution in [0.5, 0.6) is 0 Å². The number of nitrogens with zero attached hydrogens (tertiary/aromatic N) is 2. The van der Waals surface area contributed by atoms with Crippen LogP contribution in [0.2, 0.25) is 0 Å². The lowest BCUT2D eigenvalue weighted by molar-refractivity contribution is -0.116. The molecule has 6 nitrogen and oxygen atoms in total. The highest BCUT2D eigenvalue weighted by Crippen LogP contribution is 2.19. The summed E-state index contributed by atoms with van der Waals surface area (Å²) in [5.74, 6) is -0.496. The van der Waals surface area contributed by atoms with Crippen LogP contribution in [0.15, 0.2) is 59.3 Å². The van der Waals surface area contributed by atoms with Crippen molar-refractivity contribution in [1.29, 1.82) is 0 Å². The molecular weight excluding hydrogens is 325 g/mol. The van der Waals surface area contributed by atoms with Crippen molar-refractivity contribution in [2.24, 2.45) is 0 Å². The molecule has 126 valence electrons. The van der Waals surface area contributed by atoms with E-state index in [2.05, 4.69) is 15.5 Å². The maximum Gasteiger partial charge on any atom is 0.247 e. The first-order chi connectivity index (χ1) is 12.1.